The van der Waals surface area contributed by atoms with Gasteiger partial charge in [0.05, 0.1) is 16.6 Å². The molecule has 30 heavy (non-hydrogen) atoms. The minimum absolute atomic E-state index is 0.0910. The van der Waals surface area contributed by atoms with Crippen LogP contribution in [0.15, 0.2) is 28.2 Å². The number of nitrogens with two attached hydrogens (primary N) is 1. The van der Waals surface area contributed by atoms with E-state index in [-0.39, 0.29) is 11.6 Å². The first-order valence-corrected chi connectivity index (χ1v) is 11.5. The van der Waals surface area contributed by atoms with Crippen molar-refractivity contribution >= 4 is 39.8 Å². The molecule has 158 valence electrons. The number of hydrogen-bond acceptors (Lipinski definition) is 5. The van der Waals surface area contributed by atoms with Crippen LogP contribution in [0.2, 0.25) is 0 Å². The molecule has 3 aliphatic carbocycles. The molecule has 0 aliphatic heterocycles. The van der Waals surface area contributed by atoms with Gasteiger partial charge >= 0.3 is 0 Å². The van der Waals surface area contributed by atoms with Gasteiger partial charge in [-0.05, 0) is 44.9 Å². The molecule has 2 aromatic heterocycles. The van der Waals surface area contributed by atoms with Gasteiger partial charge < -0.3 is 11.1 Å². The fourth-order valence-corrected chi connectivity index (χ4v) is 5.08. The van der Waals surface area contributed by atoms with Gasteiger partial charge in [-0.3, -0.25) is 9.36 Å². The number of nitrogens with one attached hydrogen (secondary N) is 1. The molecular weight excluding hydrogens is 398 g/mol. The molecule has 2 heterocycles. The Bertz CT molecular complexity index is 1090. The lowest BCUT2D eigenvalue weighted by atomic mass is 9.91. The molecule has 0 amide bonds. The summed E-state index contributed by atoms with van der Waals surface area (Å²) in [7, 11) is 0. The van der Waals surface area contributed by atoms with E-state index >= 15 is 0 Å². The van der Waals surface area contributed by atoms with Crippen LogP contribution in [0, 0.1) is 0 Å². The number of pyridine rings is 1. The summed E-state index contributed by atoms with van der Waals surface area (Å²) in [4.78, 5) is 23.0. The third-order valence-electron chi connectivity index (χ3n) is 6.74. The van der Waals surface area contributed by atoms with Crippen LogP contribution in [0.3, 0.4) is 0 Å². The average molecular weight is 426 g/mol. The van der Waals surface area contributed by atoms with Crippen molar-refractivity contribution in [3.63, 3.8) is 0 Å². The summed E-state index contributed by atoms with van der Waals surface area (Å²) in [5, 5.41) is 4.89. The van der Waals surface area contributed by atoms with Crippen LogP contribution in [0.25, 0.3) is 16.6 Å². The van der Waals surface area contributed by atoms with E-state index in [1.54, 1.807) is 6.20 Å². The zero-order chi connectivity index (χ0) is 20.7. The SMILES string of the molecule is Nc1c(C2=C(Cl)CCC=C2)c(=O)n(C2CCC2)c2nc(NC3CCCCC3)ncc12. The van der Waals surface area contributed by atoms with Crippen molar-refractivity contribution in [1.82, 2.24) is 14.5 Å². The highest BCUT2D eigenvalue weighted by Gasteiger charge is 2.28. The number of halogens is 1. The Labute approximate surface area is 181 Å². The van der Waals surface area contributed by atoms with E-state index in [1.165, 1.54) is 19.3 Å². The third kappa shape index (κ3) is 3.41. The molecule has 3 aliphatic rings. The predicted molar refractivity (Wildman–Crippen MR) is 123 cm³/mol. The summed E-state index contributed by atoms with van der Waals surface area (Å²) in [5.41, 5.74) is 8.74. The van der Waals surface area contributed by atoms with E-state index < -0.39 is 0 Å². The van der Waals surface area contributed by atoms with Crippen molar-refractivity contribution < 1.29 is 0 Å². The molecule has 0 bridgehead atoms. The molecule has 2 saturated carbocycles. The number of nitrogen functional groups attached to an aromatic ring is 1. The van der Waals surface area contributed by atoms with Crippen molar-refractivity contribution in [2.24, 2.45) is 0 Å². The Kier molecular flexibility index (Phi) is 5.27. The van der Waals surface area contributed by atoms with E-state index in [2.05, 4.69) is 10.3 Å². The highest BCUT2D eigenvalue weighted by molar-refractivity contribution is 6.33. The summed E-state index contributed by atoms with van der Waals surface area (Å²) in [6.45, 7) is 0. The quantitative estimate of drug-likeness (QED) is 0.707. The van der Waals surface area contributed by atoms with Gasteiger partial charge in [-0.15, -0.1) is 0 Å². The normalized spacial score (nSPS) is 20.6. The highest BCUT2D eigenvalue weighted by atomic mass is 35.5. The Morgan fingerprint density at radius 2 is 1.93 bits per heavy atom. The van der Waals surface area contributed by atoms with Crippen LogP contribution in [-0.4, -0.2) is 20.6 Å². The summed E-state index contributed by atoms with van der Waals surface area (Å²) in [5.74, 6) is 0.587. The fourth-order valence-electron chi connectivity index (χ4n) is 4.81. The fraction of sp³-hybridized carbons (Fsp3) is 0.522. The largest absolute Gasteiger partial charge is 0.397 e. The first kappa shape index (κ1) is 19.6. The molecule has 0 spiro atoms. The second-order valence-electron chi connectivity index (χ2n) is 8.72. The van der Waals surface area contributed by atoms with Gasteiger partial charge in [-0.2, -0.15) is 4.98 Å². The molecule has 0 atom stereocenters. The lowest BCUT2D eigenvalue weighted by Crippen LogP contribution is -2.33. The highest BCUT2D eigenvalue weighted by Crippen LogP contribution is 2.38. The monoisotopic (exact) mass is 425 g/mol. The first-order chi connectivity index (χ1) is 14.6. The maximum atomic E-state index is 13.7. The molecule has 6 nitrogen and oxygen atoms in total. The zero-order valence-electron chi connectivity index (χ0n) is 17.2. The maximum absolute atomic E-state index is 13.7. The minimum Gasteiger partial charge on any atom is -0.397 e. The van der Waals surface area contributed by atoms with Crippen LogP contribution in [-0.2, 0) is 0 Å². The number of nitrogens with zero attached hydrogens (tertiary/aromatic N) is 3. The van der Waals surface area contributed by atoms with Crippen molar-refractivity contribution in [2.75, 3.05) is 11.1 Å². The van der Waals surface area contributed by atoms with E-state index in [9.17, 15) is 4.79 Å². The molecule has 5 rings (SSSR count). The minimum atomic E-state index is -0.0910. The molecule has 0 unspecified atom stereocenters. The molecule has 3 N–H and O–H groups in total. The summed E-state index contributed by atoms with van der Waals surface area (Å²) in [6, 6.07) is 0.553. The second kappa shape index (κ2) is 8.06. The standard InChI is InChI=1S/C23H28ClN5O/c24-18-12-5-4-11-16(18)19-20(25)17-13-26-23(27-14-7-2-1-3-8-14)28-21(17)29(22(19)30)15-9-6-10-15/h4,11,13-15H,1-3,5-10,12,25H2,(H,26,27,28). The molecular formula is C23H28ClN5O. The van der Waals surface area contributed by atoms with Gasteiger partial charge in [0.25, 0.3) is 5.56 Å². The molecule has 2 aromatic rings. The van der Waals surface area contributed by atoms with Crippen molar-refractivity contribution in [2.45, 2.75) is 76.3 Å². The predicted octanol–water partition coefficient (Wildman–Crippen LogP) is 5.14. The zero-order valence-corrected chi connectivity index (χ0v) is 17.9. The van der Waals surface area contributed by atoms with Crippen LogP contribution in [0.4, 0.5) is 11.6 Å². The topological polar surface area (TPSA) is 85.8 Å². The van der Waals surface area contributed by atoms with Crippen LogP contribution < -0.4 is 16.6 Å². The number of fused-ring (bicyclic) bond motifs is 1. The number of hydrogen-bond donors (Lipinski definition) is 2. The molecule has 2 fully saturated rings. The Balaban J connectivity index is 1.66. The Hall–Kier alpha value is -2.34. The van der Waals surface area contributed by atoms with Gasteiger partial charge in [-0.1, -0.05) is 43.0 Å². The second-order valence-corrected chi connectivity index (χ2v) is 9.17. The van der Waals surface area contributed by atoms with Gasteiger partial charge in [0.15, 0.2) is 5.65 Å². The van der Waals surface area contributed by atoms with Crippen LogP contribution >= 0.6 is 11.6 Å². The number of aromatic nitrogens is 3. The Morgan fingerprint density at radius 3 is 2.63 bits per heavy atom. The molecule has 0 saturated heterocycles. The van der Waals surface area contributed by atoms with Gasteiger partial charge in [0.1, 0.15) is 0 Å². The summed E-state index contributed by atoms with van der Waals surface area (Å²) < 4.78 is 1.85. The van der Waals surface area contributed by atoms with Crippen molar-refractivity contribution in [3.05, 3.63) is 39.3 Å². The third-order valence-corrected chi connectivity index (χ3v) is 7.14. The van der Waals surface area contributed by atoms with Gasteiger partial charge in [0.2, 0.25) is 5.95 Å². The maximum Gasteiger partial charge on any atom is 0.262 e. The number of allylic oxidation sites excluding steroid dienone is 4. The van der Waals surface area contributed by atoms with Crippen LogP contribution in [0.1, 0.15) is 75.8 Å². The van der Waals surface area contributed by atoms with Crippen molar-refractivity contribution in [3.8, 4) is 0 Å². The Morgan fingerprint density at radius 1 is 1.13 bits per heavy atom. The molecule has 0 aromatic carbocycles. The van der Waals surface area contributed by atoms with E-state index in [0.29, 0.717) is 33.9 Å². The van der Waals surface area contributed by atoms with Gasteiger partial charge in [0, 0.05) is 28.9 Å². The van der Waals surface area contributed by atoms with E-state index in [1.807, 2.05) is 16.7 Å². The smallest absolute Gasteiger partial charge is 0.262 e. The number of anilines is 2. The van der Waals surface area contributed by atoms with E-state index in [4.69, 9.17) is 22.3 Å². The lowest BCUT2D eigenvalue weighted by molar-refractivity contribution is 0.313. The first-order valence-electron chi connectivity index (χ1n) is 11.2. The molecule has 7 heteroatoms. The van der Waals surface area contributed by atoms with Crippen molar-refractivity contribution in [1.29, 1.82) is 0 Å². The van der Waals surface area contributed by atoms with E-state index in [0.717, 1.165) is 55.9 Å². The number of rotatable bonds is 4. The summed E-state index contributed by atoms with van der Waals surface area (Å²) in [6.07, 6.45) is 16.5. The summed E-state index contributed by atoms with van der Waals surface area (Å²) >= 11 is 6.51. The van der Waals surface area contributed by atoms with Crippen LogP contribution in [0.5, 0.6) is 0 Å². The molecule has 0 radical (unpaired) electrons. The van der Waals surface area contributed by atoms with Gasteiger partial charge in [-0.25, -0.2) is 4.98 Å². The average Bonchev–Trinajstić information content (AvgIpc) is 2.72. The lowest BCUT2D eigenvalue weighted by Gasteiger charge is -2.30.